The Bertz CT molecular complexity index is 439. The minimum atomic E-state index is -0.182. The van der Waals surface area contributed by atoms with Crippen LogP contribution in [0.5, 0.6) is 0 Å². The number of carbonyl (C=O) groups is 1. The Morgan fingerprint density at radius 3 is 3.06 bits per heavy atom. The molecule has 1 saturated heterocycles. The first-order chi connectivity index (χ1) is 8.63. The van der Waals surface area contributed by atoms with Crippen LogP contribution in [-0.2, 0) is 11.3 Å². The number of ether oxygens (including phenoxy) is 1. The number of carbonyl (C=O) groups excluding carboxylic acids is 1. The molecule has 5 nitrogen and oxygen atoms in total. The monoisotopic (exact) mass is 271 g/mol. The van der Waals surface area contributed by atoms with Gasteiger partial charge in [0.2, 0.25) is 0 Å². The molecule has 2 rings (SSSR count). The molecule has 1 N–H and O–H groups in total. The van der Waals surface area contributed by atoms with Crippen LogP contribution >= 0.6 is 11.6 Å². The summed E-state index contributed by atoms with van der Waals surface area (Å²) in [5, 5.41) is 7.51. The van der Waals surface area contributed by atoms with Gasteiger partial charge < -0.3 is 10.1 Å². The van der Waals surface area contributed by atoms with E-state index in [1.54, 1.807) is 11.6 Å². The maximum atomic E-state index is 12.1. The van der Waals surface area contributed by atoms with E-state index in [9.17, 15) is 4.79 Å². The summed E-state index contributed by atoms with van der Waals surface area (Å²) in [6, 6.07) is 0. The van der Waals surface area contributed by atoms with E-state index in [2.05, 4.69) is 10.4 Å². The Balaban J connectivity index is 2.03. The summed E-state index contributed by atoms with van der Waals surface area (Å²) < 4.78 is 7.09. The van der Waals surface area contributed by atoms with E-state index in [0.29, 0.717) is 29.5 Å². The fourth-order valence-electron chi connectivity index (χ4n) is 2.10. The number of aromatic nitrogens is 2. The highest BCUT2D eigenvalue weighted by molar-refractivity contribution is 6.34. The van der Waals surface area contributed by atoms with Crippen molar-refractivity contribution in [2.75, 3.05) is 13.2 Å². The summed E-state index contributed by atoms with van der Waals surface area (Å²) in [6.07, 6.45) is 2.19. The lowest BCUT2D eigenvalue weighted by atomic mass is 10.2. The van der Waals surface area contributed by atoms with Crippen LogP contribution in [0.4, 0.5) is 0 Å². The van der Waals surface area contributed by atoms with Gasteiger partial charge in [-0.15, -0.1) is 0 Å². The maximum Gasteiger partial charge on any atom is 0.271 e. The zero-order valence-electron chi connectivity index (χ0n) is 10.7. The van der Waals surface area contributed by atoms with Gasteiger partial charge in [-0.1, -0.05) is 11.6 Å². The third-order valence-corrected chi connectivity index (χ3v) is 3.54. The molecular weight excluding hydrogens is 254 g/mol. The highest BCUT2D eigenvalue weighted by Gasteiger charge is 2.22. The van der Waals surface area contributed by atoms with Crippen molar-refractivity contribution in [1.82, 2.24) is 15.1 Å². The topological polar surface area (TPSA) is 56.2 Å². The summed E-state index contributed by atoms with van der Waals surface area (Å²) in [5.41, 5.74) is 1.12. The highest BCUT2D eigenvalue weighted by Crippen LogP contribution is 2.20. The molecule has 1 aromatic heterocycles. The molecule has 6 heteroatoms. The Labute approximate surface area is 111 Å². The minimum absolute atomic E-state index is 0.131. The maximum absolute atomic E-state index is 12.1. The molecule has 1 aliphatic heterocycles. The third-order valence-electron chi connectivity index (χ3n) is 3.08. The van der Waals surface area contributed by atoms with Gasteiger partial charge >= 0.3 is 0 Å². The Hall–Kier alpha value is -1.07. The second kappa shape index (κ2) is 5.71. The molecule has 1 atom stereocenters. The van der Waals surface area contributed by atoms with Crippen molar-refractivity contribution >= 4 is 17.5 Å². The largest absolute Gasteiger partial charge is 0.376 e. The number of aryl methyl sites for hydroxylation is 2. The molecular formula is C12H18ClN3O2. The van der Waals surface area contributed by atoms with E-state index in [1.165, 1.54) is 0 Å². The molecule has 1 amide bonds. The number of nitrogens with one attached hydrogen (secondary N) is 1. The Morgan fingerprint density at radius 2 is 2.44 bits per heavy atom. The van der Waals surface area contributed by atoms with Gasteiger partial charge in [-0.2, -0.15) is 5.10 Å². The van der Waals surface area contributed by atoms with Gasteiger partial charge in [0.05, 0.1) is 16.8 Å². The molecule has 0 aromatic carbocycles. The van der Waals surface area contributed by atoms with Gasteiger partial charge in [0.25, 0.3) is 5.91 Å². The number of nitrogens with zero attached hydrogens (tertiary/aromatic N) is 2. The van der Waals surface area contributed by atoms with E-state index in [4.69, 9.17) is 16.3 Å². The lowest BCUT2D eigenvalue weighted by molar-refractivity contribution is 0.0849. The average Bonchev–Trinajstić information content (AvgIpc) is 2.96. The smallest absolute Gasteiger partial charge is 0.271 e. The summed E-state index contributed by atoms with van der Waals surface area (Å²) >= 11 is 6.11. The van der Waals surface area contributed by atoms with Crippen molar-refractivity contribution in [1.29, 1.82) is 0 Å². The predicted octanol–water partition coefficient (Wildman–Crippen LogP) is 1.77. The second-order valence-corrected chi connectivity index (χ2v) is 4.79. The minimum Gasteiger partial charge on any atom is -0.376 e. The number of hydrogen-bond donors (Lipinski definition) is 1. The quantitative estimate of drug-likeness (QED) is 0.908. The van der Waals surface area contributed by atoms with Crippen LogP contribution in [0.2, 0.25) is 5.02 Å². The van der Waals surface area contributed by atoms with Gasteiger partial charge in [0, 0.05) is 19.7 Å². The van der Waals surface area contributed by atoms with Crippen molar-refractivity contribution in [2.24, 2.45) is 0 Å². The molecule has 2 heterocycles. The molecule has 0 saturated carbocycles. The zero-order chi connectivity index (χ0) is 13.1. The number of halogens is 1. The van der Waals surface area contributed by atoms with Crippen LogP contribution in [0.1, 0.15) is 35.9 Å². The van der Waals surface area contributed by atoms with Crippen LogP contribution in [0.25, 0.3) is 0 Å². The van der Waals surface area contributed by atoms with E-state index in [-0.39, 0.29) is 12.0 Å². The third kappa shape index (κ3) is 2.67. The number of amides is 1. The van der Waals surface area contributed by atoms with Crippen molar-refractivity contribution in [3.63, 3.8) is 0 Å². The van der Waals surface area contributed by atoms with Gasteiger partial charge in [-0.25, -0.2) is 0 Å². The predicted molar refractivity (Wildman–Crippen MR) is 69.0 cm³/mol. The van der Waals surface area contributed by atoms with Crippen LogP contribution < -0.4 is 5.32 Å². The fraction of sp³-hybridized carbons (Fsp3) is 0.667. The SMILES string of the molecule is CCn1nc(C)c(Cl)c1C(=O)NCC1CCCO1. The molecule has 100 valence electrons. The van der Waals surface area contributed by atoms with Gasteiger partial charge in [0.15, 0.2) is 0 Å². The molecule has 1 fully saturated rings. The van der Waals surface area contributed by atoms with Crippen LogP contribution in [-0.4, -0.2) is 34.9 Å². The molecule has 18 heavy (non-hydrogen) atoms. The molecule has 1 aromatic rings. The van der Waals surface area contributed by atoms with Crippen LogP contribution in [0.15, 0.2) is 0 Å². The van der Waals surface area contributed by atoms with Crippen LogP contribution in [0.3, 0.4) is 0 Å². The normalized spacial score (nSPS) is 19.2. The lowest BCUT2D eigenvalue weighted by Crippen LogP contribution is -2.33. The molecule has 1 aliphatic rings. The van der Waals surface area contributed by atoms with E-state index < -0.39 is 0 Å². The fourth-order valence-corrected chi connectivity index (χ4v) is 2.32. The molecule has 0 spiro atoms. The second-order valence-electron chi connectivity index (χ2n) is 4.41. The molecule has 1 unspecified atom stereocenters. The van der Waals surface area contributed by atoms with Gasteiger partial charge in [0.1, 0.15) is 5.69 Å². The van der Waals surface area contributed by atoms with E-state index in [1.807, 2.05) is 6.92 Å². The van der Waals surface area contributed by atoms with Crippen molar-refractivity contribution in [2.45, 2.75) is 39.3 Å². The van der Waals surface area contributed by atoms with Gasteiger partial charge in [-0.05, 0) is 26.7 Å². The Kier molecular flexibility index (Phi) is 4.24. The summed E-state index contributed by atoms with van der Waals surface area (Å²) in [6.45, 7) is 5.66. The zero-order valence-corrected chi connectivity index (χ0v) is 11.5. The van der Waals surface area contributed by atoms with E-state index >= 15 is 0 Å². The Morgan fingerprint density at radius 1 is 1.67 bits per heavy atom. The number of rotatable bonds is 4. The van der Waals surface area contributed by atoms with E-state index in [0.717, 1.165) is 19.4 Å². The van der Waals surface area contributed by atoms with Crippen molar-refractivity contribution in [3.8, 4) is 0 Å². The first-order valence-electron chi connectivity index (χ1n) is 6.26. The lowest BCUT2D eigenvalue weighted by Gasteiger charge is -2.11. The average molecular weight is 272 g/mol. The van der Waals surface area contributed by atoms with Crippen molar-refractivity contribution in [3.05, 3.63) is 16.4 Å². The highest BCUT2D eigenvalue weighted by atomic mass is 35.5. The molecule has 0 radical (unpaired) electrons. The summed E-state index contributed by atoms with van der Waals surface area (Å²) in [7, 11) is 0. The molecule has 0 bridgehead atoms. The van der Waals surface area contributed by atoms with Crippen LogP contribution in [0, 0.1) is 6.92 Å². The molecule has 0 aliphatic carbocycles. The van der Waals surface area contributed by atoms with Gasteiger partial charge in [-0.3, -0.25) is 9.48 Å². The van der Waals surface area contributed by atoms with Crippen molar-refractivity contribution < 1.29 is 9.53 Å². The first-order valence-corrected chi connectivity index (χ1v) is 6.64. The standard InChI is InChI=1S/C12H18ClN3O2/c1-3-16-11(10(13)8(2)15-16)12(17)14-7-9-5-4-6-18-9/h9H,3-7H2,1-2H3,(H,14,17). The summed E-state index contributed by atoms with van der Waals surface area (Å²) in [4.78, 5) is 12.1. The summed E-state index contributed by atoms with van der Waals surface area (Å²) in [5.74, 6) is -0.182. The number of hydrogen-bond acceptors (Lipinski definition) is 3. The first kappa shape index (κ1) is 13.4.